The van der Waals surface area contributed by atoms with Crippen LogP contribution in [0.1, 0.15) is 27.7 Å². The Kier molecular flexibility index (Phi) is 4.85. The first-order chi connectivity index (χ1) is 7.59. The Morgan fingerprint density at radius 1 is 0.824 bits per heavy atom. The van der Waals surface area contributed by atoms with Crippen LogP contribution in [-0.4, -0.2) is 29.3 Å². The second-order valence-corrected chi connectivity index (χ2v) is 4.16. The highest BCUT2D eigenvalue weighted by Gasteiger charge is 2.55. The quantitative estimate of drug-likeness (QED) is 0.464. The summed E-state index contributed by atoms with van der Waals surface area (Å²) in [6.07, 6.45) is -1.39. The molecule has 4 N–H and O–H groups in total. The highest BCUT2D eigenvalue weighted by molar-refractivity contribution is 6.16. The van der Waals surface area contributed by atoms with Crippen molar-refractivity contribution in [2.75, 3.05) is 0 Å². The molecule has 0 bridgehead atoms. The average molecular weight is 242 g/mol. The Bertz CT molecular complexity index is 346. The molecule has 0 saturated heterocycles. The molecule has 17 heavy (non-hydrogen) atoms. The zero-order chi connectivity index (χ0) is 14.0. The Balaban J connectivity index is 6.07. The van der Waals surface area contributed by atoms with Crippen LogP contribution in [0.25, 0.3) is 0 Å². The topological polar surface area (TPSA) is 120 Å². The molecule has 0 aliphatic rings. The Morgan fingerprint density at radius 2 is 1.12 bits per heavy atom. The summed E-state index contributed by atoms with van der Waals surface area (Å²) in [6.45, 7) is 4.48. The van der Waals surface area contributed by atoms with Gasteiger partial charge in [-0.05, 0) is 27.7 Å². The zero-order valence-corrected chi connectivity index (χ0v) is 10.4. The molecule has 0 fully saturated rings. The number of hydrogen-bond donors (Lipinski definition) is 2. The van der Waals surface area contributed by atoms with E-state index in [0.717, 1.165) is 27.7 Å². The van der Waals surface area contributed by atoms with Crippen molar-refractivity contribution < 1.29 is 19.2 Å². The van der Waals surface area contributed by atoms with E-state index in [2.05, 4.69) is 0 Å². The highest BCUT2D eigenvalue weighted by atomic mass is 16.2. The van der Waals surface area contributed by atoms with E-state index >= 15 is 0 Å². The molecule has 0 aliphatic heterocycles. The Hall–Kier alpha value is -1.40. The SMILES string of the molecule is CC(=O)C(C(C)=O)C(C(C)=O)(C(C)=O)C(N)N. The molecule has 0 spiro atoms. The summed E-state index contributed by atoms with van der Waals surface area (Å²) in [5.74, 6) is -3.95. The van der Waals surface area contributed by atoms with Crippen molar-refractivity contribution >= 4 is 23.1 Å². The molecule has 0 saturated carbocycles. The van der Waals surface area contributed by atoms with E-state index in [9.17, 15) is 19.2 Å². The van der Waals surface area contributed by atoms with Gasteiger partial charge in [-0.15, -0.1) is 0 Å². The smallest absolute Gasteiger partial charge is 0.147 e. The Morgan fingerprint density at radius 3 is 1.18 bits per heavy atom. The van der Waals surface area contributed by atoms with Gasteiger partial charge in [0.05, 0.1) is 12.1 Å². The van der Waals surface area contributed by atoms with Crippen molar-refractivity contribution in [3.8, 4) is 0 Å². The number of carbonyl (C=O) groups is 4. The van der Waals surface area contributed by atoms with E-state index in [0.29, 0.717) is 0 Å². The van der Waals surface area contributed by atoms with Gasteiger partial charge < -0.3 is 11.5 Å². The number of carbonyl (C=O) groups excluding carboxylic acids is 4. The van der Waals surface area contributed by atoms with Crippen molar-refractivity contribution in [1.82, 2.24) is 0 Å². The summed E-state index contributed by atoms with van der Waals surface area (Å²) >= 11 is 0. The normalized spacial score (nSPS) is 11.8. The third-order valence-electron chi connectivity index (χ3n) is 2.96. The van der Waals surface area contributed by atoms with Crippen LogP contribution in [0.3, 0.4) is 0 Å². The standard InChI is InChI=1S/C11H18N2O4/c1-5(14)9(6(2)15)11(7(3)16,8(4)17)10(12)13/h9-10H,12-13H2,1-4H3. The predicted molar refractivity (Wildman–Crippen MR) is 60.8 cm³/mol. The van der Waals surface area contributed by atoms with Crippen molar-refractivity contribution in [3.05, 3.63) is 0 Å². The maximum Gasteiger partial charge on any atom is 0.147 e. The van der Waals surface area contributed by atoms with Crippen LogP contribution in [0.5, 0.6) is 0 Å². The molecule has 0 amide bonds. The summed E-state index contributed by atoms with van der Waals surface area (Å²) in [6, 6.07) is 0. The zero-order valence-electron chi connectivity index (χ0n) is 10.4. The first kappa shape index (κ1) is 15.6. The molecule has 0 aromatic heterocycles. The third kappa shape index (κ3) is 2.48. The monoisotopic (exact) mass is 242 g/mol. The van der Waals surface area contributed by atoms with Crippen LogP contribution in [-0.2, 0) is 19.2 Å². The number of hydrogen-bond acceptors (Lipinski definition) is 6. The molecule has 6 heteroatoms. The first-order valence-corrected chi connectivity index (χ1v) is 5.14. The van der Waals surface area contributed by atoms with Crippen LogP contribution < -0.4 is 11.5 Å². The molecule has 6 nitrogen and oxygen atoms in total. The lowest BCUT2D eigenvalue weighted by molar-refractivity contribution is -0.154. The van der Waals surface area contributed by atoms with Crippen LogP contribution in [0.15, 0.2) is 0 Å². The van der Waals surface area contributed by atoms with Crippen LogP contribution in [0.2, 0.25) is 0 Å². The molecular formula is C11H18N2O4. The second kappa shape index (κ2) is 5.29. The molecule has 0 heterocycles. The van der Waals surface area contributed by atoms with Gasteiger partial charge in [-0.1, -0.05) is 0 Å². The number of ketones is 4. The van der Waals surface area contributed by atoms with Gasteiger partial charge in [0.25, 0.3) is 0 Å². The van der Waals surface area contributed by atoms with Crippen molar-refractivity contribution in [2.24, 2.45) is 22.8 Å². The maximum atomic E-state index is 11.7. The maximum absolute atomic E-state index is 11.7. The molecular weight excluding hydrogens is 224 g/mol. The molecule has 0 unspecified atom stereocenters. The molecule has 96 valence electrons. The van der Waals surface area contributed by atoms with Crippen LogP contribution in [0.4, 0.5) is 0 Å². The van der Waals surface area contributed by atoms with E-state index in [4.69, 9.17) is 11.5 Å². The lowest BCUT2D eigenvalue weighted by Crippen LogP contribution is -2.63. The predicted octanol–water partition coefficient (Wildman–Crippen LogP) is -0.811. The van der Waals surface area contributed by atoms with Gasteiger partial charge in [0.2, 0.25) is 0 Å². The summed E-state index contributed by atoms with van der Waals surface area (Å²) in [4.78, 5) is 46.4. The number of nitrogens with two attached hydrogens (primary N) is 2. The molecule has 0 aromatic rings. The first-order valence-electron chi connectivity index (χ1n) is 5.14. The second-order valence-electron chi connectivity index (χ2n) is 4.16. The van der Waals surface area contributed by atoms with Crippen LogP contribution in [0, 0.1) is 11.3 Å². The van der Waals surface area contributed by atoms with E-state index in [1.807, 2.05) is 0 Å². The minimum absolute atomic E-state index is 0.594. The third-order valence-corrected chi connectivity index (χ3v) is 2.96. The molecule has 0 radical (unpaired) electrons. The number of rotatable bonds is 6. The largest absolute Gasteiger partial charge is 0.315 e. The van der Waals surface area contributed by atoms with Gasteiger partial charge in [-0.3, -0.25) is 19.2 Å². The van der Waals surface area contributed by atoms with Gasteiger partial charge >= 0.3 is 0 Å². The molecule has 0 aliphatic carbocycles. The van der Waals surface area contributed by atoms with Gasteiger partial charge in [-0.25, -0.2) is 0 Å². The van der Waals surface area contributed by atoms with Crippen molar-refractivity contribution in [3.63, 3.8) is 0 Å². The fraction of sp³-hybridized carbons (Fsp3) is 0.636. The van der Waals surface area contributed by atoms with E-state index in [-0.39, 0.29) is 0 Å². The average Bonchev–Trinajstić information content (AvgIpc) is 2.09. The van der Waals surface area contributed by atoms with Gasteiger partial charge in [-0.2, -0.15) is 0 Å². The minimum Gasteiger partial charge on any atom is -0.315 e. The van der Waals surface area contributed by atoms with Gasteiger partial charge in [0, 0.05) is 0 Å². The summed E-state index contributed by atoms with van der Waals surface area (Å²) in [5, 5.41) is 0. The Labute approximate surface area is 99.7 Å². The van der Waals surface area contributed by atoms with Crippen molar-refractivity contribution in [1.29, 1.82) is 0 Å². The van der Waals surface area contributed by atoms with E-state index in [1.165, 1.54) is 0 Å². The van der Waals surface area contributed by atoms with Gasteiger partial charge in [0.1, 0.15) is 28.5 Å². The fourth-order valence-electron chi connectivity index (χ4n) is 2.24. The lowest BCUT2D eigenvalue weighted by atomic mass is 9.65. The lowest BCUT2D eigenvalue weighted by Gasteiger charge is -2.36. The van der Waals surface area contributed by atoms with Crippen molar-refractivity contribution in [2.45, 2.75) is 33.9 Å². The molecule has 0 aromatic carbocycles. The van der Waals surface area contributed by atoms with Crippen LogP contribution >= 0.6 is 0 Å². The highest BCUT2D eigenvalue weighted by Crippen LogP contribution is 2.33. The minimum atomic E-state index is -1.96. The summed E-state index contributed by atoms with van der Waals surface area (Å²) in [7, 11) is 0. The van der Waals surface area contributed by atoms with E-state index in [1.54, 1.807) is 0 Å². The number of Topliss-reactive ketones (excluding diaryl/α,β-unsaturated/α-hetero) is 4. The molecule has 0 rings (SSSR count). The summed E-state index contributed by atoms with van der Waals surface area (Å²) < 4.78 is 0. The fourth-order valence-corrected chi connectivity index (χ4v) is 2.24. The molecule has 0 atom stereocenters. The van der Waals surface area contributed by atoms with Gasteiger partial charge in [0.15, 0.2) is 0 Å². The summed E-state index contributed by atoms with van der Waals surface area (Å²) in [5.41, 5.74) is 9.00. The van der Waals surface area contributed by atoms with E-state index < -0.39 is 40.6 Å².